The van der Waals surface area contributed by atoms with E-state index in [1.54, 1.807) is 0 Å². The van der Waals surface area contributed by atoms with Crippen molar-refractivity contribution in [2.45, 2.75) is 53.9 Å². The van der Waals surface area contributed by atoms with Gasteiger partial charge in [-0.1, -0.05) is 52.3 Å². The molecule has 0 saturated heterocycles. The summed E-state index contributed by atoms with van der Waals surface area (Å²) in [5, 5.41) is 7.68. The first-order valence-electron chi connectivity index (χ1n) is 6.36. The number of benzene rings is 1. The molecule has 0 aliphatic heterocycles. The van der Waals surface area contributed by atoms with Crippen LogP contribution >= 0.6 is 0 Å². The van der Waals surface area contributed by atoms with Crippen molar-refractivity contribution in [1.29, 1.82) is 5.41 Å². The van der Waals surface area contributed by atoms with Gasteiger partial charge in [-0.2, -0.15) is 0 Å². The van der Waals surface area contributed by atoms with E-state index in [1.165, 1.54) is 11.1 Å². The van der Waals surface area contributed by atoms with Gasteiger partial charge >= 0.3 is 0 Å². The lowest BCUT2D eigenvalue weighted by atomic mass is 9.97. The minimum absolute atomic E-state index is 0.677. The number of hydrogen-bond donors (Lipinski definition) is 1. The third-order valence-electron chi connectivity index (χ3n) is 2.50. The predicted octanol–water partition coefficient (Wildman–Crippen LogP) is 4.62. The first kappa shape index (κ1) is 14.9. The van der Waals surface area contributed by atoms with Crippen LogP contribution in [0.25, 0.3) is 0 Å². The molecule has 16 heavy (non-hydrogen) atoms. The number of hydrogen-bond acceptors (Lipinski definition) is 1. The maximum Gasteiger partial charge on any atom is 0.0357 e. The third kappa shape index (κ3) is 4.18. The van der Waals surface area contributed by atoms with E-state index in [0.29, 0.717) is 5.71 Å². The van der Waals surface area contributed by atoms with Gasteiger partial charge in [0.25, 0.3) is 0 Å². The summed E-state index contributed by atoms with van der Waals surface area (Å²) in [6.45, 7) is 10.2. The van der Waals surface area contributed by atoms with E-state index < -0.39 is 0 Å². The normalized spacial score (nSPS) is 9.31. The minimum Gasteiger partial charge on any atom is -0.305 e. The maximum atomic E-state index is 7.68. The zero-order valence-corrected chi connectivity index (χ0v) is 11.4. The molecule has 0 aliphatic carbocycles. The number of aryl methyl sites for hydroxylation is 2. The molecule has 1 heteroatoms. The average molecular weight is 219 g/mol. The average Bonchev–Trinajstić information content (AvgIpc) is 2.31. The van der Waals surface area contributed by atoms with Crippen LogP contribution in [0.3, 0.4) is 0 Å². The van der Waals surface area contributed by atoms with Crippen LogP contribution in [0.5, 0.6) is 0 Å². The van der Waals surface area contributed by atoms with Crippen molar-refractivity contribution in [2.75, 3.05) is 0 Å². The molecule has 0 aromatic heterocycles. The van der Waals surface area contributed by atoms with Crippen LogP contribution in [0, 0.1) is 5.41 Å². The van der Waals surface area contributed by atoms with Gasteiger partial charge in [-0.05, 0) is 36.5 Å². The fourth-order valence-corrected chi connectivity index (χ4v) is 1.71. The molecule has 1 aromatic rings. The summed E-state index contributed by atoms with van der Waals surface area (Å²) in [5.74, 6) is 0. The SMILES string of the molecule is CC.CCCc1cc(CC)ccc1C(C)=N. The van der Waals surface area contributed by atoms with Crippen LogP contribution < -0.4 is 0 Å². The molecule has 0 spiro atoms. The monoisotopic (exact) mass is 219 g/mol. The van der Waals surface area contributed by atoms with Crippen LogP contribution in [-0.4, -0.2) is 5.71 Å². The molecule has 1 aromatic carbocycles. The lowest BCUT2D eigenvalue weighted by molar-refractivity contribution is 0.914. The van der Waals surface area contributed by atoms with Crippen LogP contribution in [0.15, 0.2) is 18.2 Å². The van der Waals surface area contributed by atoms with E-state index in [0.717, 1.165) is 24.8 Å². The van der Waals surface area contributed by atoms with E-state index in [1.807, 2.05) is 20.8 Å². The Labute approximate surface area is 100 Å². The Morgan fingerprint density at radius 2 is 1.81 bits per heavy atom. The molecule has 0 amide bonds. The molecular formula is C15H25N. The zero-order chi connectivity index (χ0) is 12.6. The molecule has 1 N–H and O–H groups in total. The second kappa shape index (κ2) is 8.09. The summed E-state index contributed by atoms with van der Waals surface area (Å²) in [6, 6.07) is 6.47. The van der Waals surface area contributed by atoms with Crippen molar-refractivity contribution in [3.05, 3.63) is 34.9 Å². The summed E-state index contributed by atoms with van der Waals surface area (Å²) < 4.78 is 0. The van der Waals surface area contributed by atoms with Crippen molar-refractivity contribution in [3.8, 4) is 0 Å². The zero-order valence-electron chi connectivity index (χ0n) is 11.4. The number of rotatable bonds is 4. The topological polar surface area (TPSA) is 23.9 Å². The highest BCUT2D eigenvalue weighted by Gasteiger charge is 2.04. The van der Waals surface area contributed by atoms with Gasteiger partial charge in [-0.3, -0.25) is 0 Å². The minimum atomic E-state index is 0.677. The Kier molecular flexibility index (Phi) is 7.53. The van der Waals surface area contributed by atoms with Crippen molar-refractivity contribution >= 4 is 5.71 Å². The Morgan fingerprint density at radius 1 is 1.19 bits per heavy atom. The van der Waals surface area contributed by atoms with Crippen LogP contribution in [0.1, 0.15) is 57.7 Å². The van der Waals surface area contributed by atoms with E-state index in [2.05, 4.69) is 32.0 Å². The summed E-state index contributed by atoms with van der Waals surface area (Å²) in [4.78, 5) is 0. The summed E-state index contributed by atoms with van der Waals surface area (Å²) >= 11 is 0. The van der Waals surface area contributed by atoms with E-state index in [-0.39, 0.29) is 0 Å². The van der Waals surface area contributed by atoms with Gasteiger partial charge in [0.2, 0.25) is 0 Å². The highest BCUT2D eigenvalue weighted by molar-refractivity contribution is 5.97. The Morgan fingerprint density at radius 3 is 2.25 bits per heavy atom. The van der Waals surface area contributed by atoms with Gasteiger partial charge in [0, 0.05) is 5.71 Å². The van der Waals surface area contributed by atoms with Crippen LogP contribution in [0.2, 0.25) is 0 Å². The molecule has 0 radical (unpaired) electrons. The highest BCUT2D eigenvalue weighted by Crippen LogP contribution is 2.15. The largest absolute Gasteiger partial charge is 0.305 e. The Bertz CT molecular complexity index is 326. The van der Waals surface area contributed by atoms with Crippen molar-refractivity contribution in [1.82, 2.24) is 0 Å². The van der Waals surface area contributed by atoms with E-state index >= 15 is 0 Å². The molecular weight excluding hydrogens is 194 g/mol. The molecule has 0 saturated carbocycles. The molecule has 0 bridgehead atoms. The lowest BCUT2D eigenvalue weighted by Gasteiger charge is -2.09. The van der Waals surface area contributed by atoms with Crippen LogP contribution in [-0.2, 0) is 12.8 Å². The highest BCUT2D eigenvalue weighted by atomic mass is 14.4. The quantitative estimate of drug-likeness (QED) is 0.715. The molecule has 1 rings (SSSR count). The van der Waals surface area contributed by atoms with Crippen molar-refractivity contribution < 1.29 is 0 Å². The molecule has 0 aliphatic rings. The Balaban J connectivity index is 0.00000106. The standard InChI is InChI=1S/C13H19N.C2H6/c1-4-6-12-9-11(5-2)7-8-13(12)10(3)14;1-2/h7-9,14H,4-6H2,1-3H3;1-2H3. The van der Waals surface area contributed by atoms with E-state index in [4.69, 9.17) is 5.41 Å². The van der Waals surface area contributed by atoms with Crippen LogP contribution in [0.4, 0.5) is 0 Å². The molecule has 0 fully saturated rings. The fraction of sp³-hybridized carbons (Fsp3) is 0.533. The number of nitrogens with one attached hydrogen (secondary N) is 1. The van der Waals surface area contributed by atoms with Gasteiger partial charge in [0.1, 0.15) is 0 Å². The lowest BCUT2D eigenvalue weighted by Crippen LogP contribution is -2.00. The van der Waals surface area contributed by atoms with E-state index in [9.17, 15) is 0 Å². The van der Waals surface area contributed by atoms with Gasteiger partial charge in [-0.25, -0.2) is 0 Å². The van der Waals surface area contributed by atoms with Crippen molar-refractivity contribution in [2.24, 2.45) is 0 Å². The third-order valence-corrected chi connectivity index (χ3v) is 2.50. The predicted molar refractivity (Wildman–Crippen MR) is 73.7 cm³/mol. The second-order valence-electron chi connectivity index (χ2n) is 3.72. The fourth-order valence-electron chi connectivity index (χ4n) is 1.71. The first-order chi connectivity index (χ1) is 7.69. The maximum absolute atomic E-state index is 7.68. The molecule has 90 valence electrons. The molecule has 1 nitrogen and oxygen atoms in total. The summed E-state index contributed by atoms with van der Waals surface area (Å²) in [6.07, 6.45) is 3.31. The summed E-state index contributed by atoms with van der Waals surface area (Å²) in [7, 11) is 0. The molecule has 0 atom stereocenters. The smallest absolute Gasteiger partial charge is 0.0357 e. The summed E-state index contributed by atoms with van der Waals surface area (Å²) in [5.41, 5.74) is 4.50. The van der Waals surface area contributed by atoms with Gasteiger partial charge < -0.3 is 5.41 Å². The molecule has 0 heterocycles. The van der Waals surface area contributed by atoms with Gasteiger partial charge in [-0.15, -0.1) is 0 Å². The van der Waals surface area contributed by atoms with Crippen molar-refractivity contribution in [3.63, 3.8) is 0 Å². The molecule has 0 unspecified atom stereocenters. The first-order valence-corrected chi connectivity index (χ1v) is 6.36. The Hall–Kier alpha value is -1.11. The van der Waals surface area contributed by atoms with Gasteiger partial charge in [0.15, 0.2) is 0 Å². The van der Waals surface area contributed by atoms with Gasteiger partial charge in [0.05, 0.1) is 0 Å². The second-order valence-corrected chi connectivity index (χ2v) is 3.72.